The predicted octanol–water partition coefficient (Wildman–Crippen LogP) is 2.78. The van der Waals surface area contributed by atoms with Crippen LogP contribution in [0.1, 0.15) is 36.9 Å². The van der Waals surface area contributed by atoms with E-state index in [1.807, 2.05) is 19.1 Å². The molecule has 1 aromatic carbocycles. The summed E-state index contributed by atoms with van der Waals surface area (Å²) < 4.78 is 5.57. The lowest BCUT2D eigenvalue weighted by Crippen LogP contribution is -2.23. The molecule has 1 fully saturated rings. The highest BCUT2D eigenvalue weighted by atomic mass is 16.5. The fraction of sp³-hybridized carbons (Fsp3) is 0.600. The highest BCUT2D eigenvalue weighted by molar-refractivity contribution is 5.37. The smallest absolute Gasteiger partial charge is 0.120 e. The number of ether oxygens (including phenoxy) is 1. The Morgan fingerprint density at radius 2 is 2.22 bits per heavy atom. The summed E-state index contributed by atoms with van der Waals surface area (Å²) in [5.41, 5.74) is 2.12. The van der Waals surface area contributed by atoms with Gasteiger partial charge in [-0.15, -0.1) is 0 Å². The first kappa shape index (κ1) is 13.4. The van der Waals surface area contributed by atoms with E-state index < -0.39 is 0 Å². The van der Waals surface area contributed by atoms with Gasteiger partial charge in [0, 0.05) is 24.8 Å². The van der Waals surface area contributed by atoms with Crippen LogP contribution in [0.25, 0.3) is 0 Å². The molecule has 2 N–H and O–H groups in total. The lowest BCUT2D eigenvalue weighted by molar-refractivity contribution is 0.124. The summed E-state index contributed by atoms with van der Waals surface area (Å²) in [6.45, 7) is 6.57. The molecule has 100 valence electrons. The van der Waals surface area contributed by atoms with Crippen molar-refractivity contribution in [1.29, 1.82) is 0 Å². The Hall–Kier alpha value is -1.06. The quantitative estimate of drug-likeness (QED) is 0.730. The molecule has 2 rings (SSSR count). The molecule has 3 nitrogen and oxygen atoms in total. The molecule has 0 aromatic heterocycles. The zero-order valence-electron chi connectivity index (χ0n) is 11.3. The van der Waals surface area contributed by atoms with Crippen molar-refractivity contribution >= 4 is 0 Å². The van der Waals surface area contributed by atoms with Gasteiger partial charge in [0.2, 0.25) is 0 Å². The van der Waals surface area contributed by atoms with Crippen LogP contribution in [-0.2, 0) is 4.74 Å². The number of hydrogen-bond donors (Lipinski definition) is 2. The van der Waals surface area contributed by atoms with E-state index in [0.717, 1.165) is 31.2 Å². The molecule has 1 aliphatic rings. The van der Waals surface area contributed by atoms with Crippen LogP contribution in [0.4, 0.5) is 0 Å². The maximum Gasteiger partial charge on any atom is 0.120 e. The van der Waals surface area contributed by atoms with Crippen molar-refractivity contribution < 1.29 is 9.84 Å². The number of benzene rings is 1. The van der Waals surface area contributed by atoms with Crippen LogP contribution in [0.15, 0.2) is 18.2 Å². The van der Waals surface area contributed by atoms with E-state index in [-0.39, 0.29) is 6.04 Å². The van der Waals surface area contributed by atoms with Crippen molar-refractivity contribution in [3.8, 4) is 5.75 Å². The normalized spacial score (nSPS) is 16.8. The molecule has 0 bridgehead atoms. The van der Waals surface area contributed by atoms with Gasteiger partial charge in [0.15, 0.2) is 0 Å². The van der Waals surface area contributed by atoms with Crippen molar-refractivity contribution in [2.45, 2.75) is 32.7 Å². The van der Waals surface area contributed by atoms with Gasteiger partial charge in [-0.05, 0) is 38.7 Å². The molecule has 3 heteroatoms. The third-order valence-electron chi connectivity index (χ3n) is 3.40. The first-order chi connectivity index (χ1) is 8.66. The minimum atomic E-state index is 0.148. The van der Waals surface area contributed by atoms with Crippen LogP contribution in [-0.4, -0.2) is 24.9 Å². The van der Waals surface area contributed by atoms with E-state index in [0.29, 0.717) is 5.75 Å². The fourth-order valence-electron chi connectivity index (χ4n) is 2.01. The van der Waals surface area contributed by atoms with E-state index in [9.17, 15) is 5.11 Å². The van der Waals surface area contributed by atoms with Gasteiger partial charge in [0.25, 0.3) is 0 Å². The maximum absolute atomic E-state index is 9.82. The number of aromatic hydroxyl groups is 1. The van der Waals surface area contributed by atoms with Gasteiger partial charge in [0.05, 0.1) is 6.61 Å². The Morgan fingerprint density at radius 1 is 1.44 bits per heavy atom. The Kier molecular flexibility index (Phi) is 4.61. The predicted molar refractivity (Wildman–Crippen MR) is 72.8 cm³/mol. The second-order valence-corrected chi connectivity index (χ2v) is 5.26. The van der Waals surface area contributed by atoms with Crippen molar-refractivity contribution in [2.24, 2.45) is 5.92 Å². The molecule has 1 saturated carbocycles. The van der Waals surface area contributed by atoms with Crippen molar-refractivity contribution in [2.75, 3.05) is 19.8 Å². The highest BCUT2D eigenvalue weighted by Crippen LogP contribution is 2.28. The molecule has 18 heavy (non-hydrogen) atoms. The summed E-state index contributed by atoms with van der Waals surface area (Å²) in [5.74, 6) is 1.18. The Bertz CT molecular complexity index is 388. The number of aryl methyl sites for hydroxylation is 1. The van der Waals surface area contributed by atoms with Crippen LogP contribution in [0, 0.1) is 12.8 Å². The third kappa shape index (κ3) is 4.00. The highest BCUT2D eigenvalue weighted by Gasteiger charge is 2.20. The molecule has 0 amide bonds. The number of hydrogen-bond acceptors (Lipinski definition) is 3. The number of phenolic OH excluding ortho intramolecular Hbond substituents is 1. The first-order valence-electron chi connectivity index (χ1n) is 6.77. The zero-order valence-corrected chi connectivity index (χ0v) is 11.3. The number of rotatable bonds is 7. The molecule has 1 aromatic rings. The number of nitrogens with one attached hydrogen (secondary N) is 1. The minimum absolute atomic E-state index is 0.148. The topological polar surface area (TPSA) is 41.5 Å². The SMILES string of the molecule is Cc1ccc(O)c(C(C)NCCOCC2CC2)c1. The second-order valence-electron chi connectivity index (χ2n) is 5.26. The average molecular weight is 249 g/mol. The Balaban J connectivity index is 1.72. The van der Waals surface area contributed by atoms with E-state index in [1.54, 1.807) is 6.07 Å². The molecule has 0 spiro atoms. The second kappa shape index (κ2) is 6.21. The zero-order chi connectivity index (χ0) is 13.0. The summed E-state index contributed by atoms with van der Waals surface area (Å²) >= 11 is 0. The molecule has 1 unspecified atom stereocenters. The monoisotopic (exact) mass is 249 g/mol. The molecule has 0 saturated heterocycles. The summed E-state index contributed by atoms with van der Waals surface area (Å²) in [6, 6.07) is 5.85. The van der Waals surface area contributed by atoms with Gasteiger partial charge < -0.3 is 15.2 Å². The lowest BCUT2D eigenvalue weighted by atomic mass is 10.0. The summed E-state index contributed by atoms with van der Waals surface area (Å²) in [5, 5.41) is 13.2. The van der Waals surface area contributed by atoms with Crippen molar-refractivity contribution in [1.82, 2.24) is 5.32 Å². The number of phenols is 1. The van der Waals surface area contributed by atoms with Crippen LogP contribution >= 0.6 is 0 Å². The van der Waals surface area contributed by atoms with Crippen LogP contribution in [0.5, 0.6) is 5.75 Å². The van der Waals surface area contributed by atoms with E-state index >= 15 is 0 Å². The molecule has 0 aliphatic heterocycles. The molecule has 0 radical (unpaired) electrons. The van der Waals surface area contributed by atoms with E-state index in [4.69, 9.17) is 4.74 Å². The average Bonchev–Trinajstić information content (AvgIpc) is 3.15. The Morgan fingerprint density at radius 3 is 2.94 bits per heavy atom. The van der Waals surface area contributed by atoms with Crippen LogP contribution < -0.4 is 5.32 Å². The summed E-state index contributed by atoms with van der Waals surface area (Å²) in [6.07, 6.45) is 2.67. The van der Waals surface area contributed by atoms with Gasteiger partial charge in [0.1, 0.15) is 5.75 Å². The molecular formula is C15H23NO2. The fourth-order valence-corrected chi connectivity index (χ4v) is 2.01. The first-order valence-corrected chi connectivity index (χ1v) is 6.77. The van der Waals surface area contributed by atoms with Gasteiger partial charge in [-0.2, -0.15) is 0 Å². The minimum Gasteiger partial charge on any atom is -0.508 e. The van der Waals surface area contributed by atoms with Crippen LogP contribution in [0.2, 0.25) is 0 Å². The van der Waals surface area contributed by atoms with Gasteiger partial charge in [-0.3, -0.25) is 0 Å². The third-order valence-corrected chi connectivity index (χ3v) is 3.40. The summed E-state index contributed by atoms with van der Waals surface area (Å²) in [4.78, 5) is 0. The molecule has 0 heterocycles. The van der Waals surface area contributed by atoms with Crippen molar-refractivity contribution in [3.05, 3.63) is 29.3 Å². The van der Waals surface area contributed by atoms with Gasteiger partial charge >= 0.3 is 0 Å². The van der Waals surface area contributed by atoms with Gasteiger partial charge in [-0.25, -0.2) is 0 Å². The maximum atomic E-state index is 9.82. The standard InChI is InChI=1S/C15H23NO2/c1-11-3-6-15(17)14(9-11)12(2)16-7-8-18-10-13-4-5-13/h3,6,9,12-13,16-17H,4-5,7-8,10H2,1-2H3. The van der Waals surface area contributed by atoms with Crippen LogP contribution in [0.3, 0.4) is 0 Å². The largest absolute Gasteiger partial charge is 0.508 e. The van der Waals surface area contributed by atoms with E-state index in [1.165, 1.54) is 18.4 Å². The van der Waals surface area contributed by atoms with E-state index in [2.05, 4.69) is 12.2 Å². The van der Waals surface area contributed by atoms with Crippen molar-refractivity contribution in [3.63, 3.8) is 0 Å². The van der Waals surface area contributed by atoms with Gasteiger partial charge in [-0.1, -0.05) is 17.7 Å². The molecular weight excluding hydrogens is 226 g/mol. The summed E-state index contributed by atoms with van der Waals surface area (Å²) in [7, 11) is 0. The molecule has 1 aliphatic carbocycles. The molecule has 1 atom stereocenters. The Labute approximate surface area is 109 Å². The lowest BCUT2D eigenvalue weighted by Gasteiger charge is -2.16.